The van der Waals surface area contributed by atoms with Gasteiger partial charge in [-0.1, -0.05) is 0 Å². The molecule has 0 saturated heterocycles. The van der Waals surface area contributed by atoms with Gasteiger partial charge in [0, 0.05) is 7.05 Å². The van der Waals surface area contributed by atoms with E-state index in [-0.39, 0.29) is 12.4 Å². The maximum atomic E-state index is 12.1. The Hall–Kier alpha value is -2.51. The second kappa shape index (κ2) is 6.50. The van der Waals surface area contributed by atoms with Crippen molar-refractivity contribution in [3.63, 3.8) is 0 Å². The van der Waals surface area contributed by atoms with Gasteiger partial charge in [-0.2, -0.15) is 5.10 Å². The molecule has 0 aliphatic carbocycles. The molecule has 22 heavy (non-hydrogen) atoms. The first-order chi connectivity index (χ1) is 10.4. The number of carbonyl (C=O) groups is 2. The summed E-state index contributed by atoms with van der Waals surface area (Å²) in [5, 5.41) is 6.92. The SMILES string of the molecule is Cc1nn(C)c(C)c1NC(=O)[C@@H](C)OC(=O)C1=COCCO1. The van der Waals surface area contributed by atoms with Crippen LogP contribution in [0.3, 0.4) is 0 Å². The van der Waals surface area contributed by atoms with Crippen LogP contribution in [0.5, 0.6) is 0 Å². The lowest BCUT2D eigenvalue weighted by Gasteiger charge is -2.17. The molecular weight excluding hydrogens is 290 g/mol. The number of nitrogens with one attached hydrogen (secondary N) is 1. The van der Waals surface area contributed by atoms with Crippen molar-refractivity contribution in [1.82, 2.24) is 9.78 Å². The predicted molar refractivity (Wildman–Crippen MR) is 76.9 cm³/mol. The van der Waals surface area contributed by atoms with Crippen molar-refractivity contribution in [2.75, 3.05) is 18.5 Å². The van der Waals surface area contributed by atoms with Crippen LogP contribution in [0, 0.1) is 13.8 Å². The third-order valence-corrected chi connectivity index (χ3v) is 3.26. The topological polar surface area (TPSA) is 91.7 Å². The second-order valence-electron chi connectivity index (χ2n) is 4.91. The number of nitrogens with zero attached hydrogens (tertiary/aromatic N) is 2. The number of anilines is 1. The van der Waals surface area contributed by atoms with E-state index in [1.807, 2.05) is 6.92 Å². The normalized spacial score (nSPS) is 15.2. The molecule has 1 aliphatic heterocycles. The molecule has 0 unspecified atom stereocenters. The molecule has 2 heterocycles. The molecule has 0 bridgehead atoms. The summed E-state index contributed by atoms with van der Waals surface area (Å²) >= 11 is 0. The number of ether oxygens (including phenoxy) is 3. The Bertz CT molecular complexity index is 620. The number of amides is 1. The number of aryl methyl sites for hydroxylation is 2. The van der Waals surface area contributed by atoms with Crippen LogP contribution in [0.25, 0.3) is 0 Å². The molecule has 1 aliphatic rings. The molecule has 0 radical (unpaired) electrons. The summed E-state index contributed by atoms with van der Waals surface area (Å²) in [5.74, 6) is -1.22. The molecule has 1 aromatic rings. The molecule has 1 aromatic heterocycles. The smallest absolute Gasteiger partial charge is 0.377 e. The fourth-order valence-corrected chi connectivity index (χ4v) is 1.93. The van der Waals surface area contributed by atoms with E-state index in [9.17, 15) is 9.59 Å². The predicted octanol–water partition coefficient (Wildman–Crippen LogP) is 0.795. The highest BCUT2D eigenvalue weighted by molar-refractivity contribution is 5.97. The van der Waals surface area contributed by atoms with Crippen molar-refractivity contribution < 1.29 is 23.8 Å². The second-order valence-corrected chi connectivity index (χ2v) is 4.91. The molecule has 1 N–H and O–H groups in total. The standard InChI is InChI=1S/C14H19N3O5/c1-8-12(9(2)17(4)16-8)15-13(18)10(3)22-14(19)11-7-20-5-6-21-11/h7,10H,5-6H2,1-4H3,(H,15,18)/t10-/m1/s1. The summed E-state index contributed by atoms with van der Waals surface area (Å²) < 4.78 is 16.8. The molecule has 8 heteroatoms. The fourth-order valence-electron chi connectivity index (χ4n) is 1.93. The van der Waals surface area contributed by atoms with Gasteiger partial charge in [-0.3, -0.25) is 9.48 Å². The molecule has 1 amide bonds. The minimum atomic E-state index is -0.974. The van der Waals surface area contributed by atoms with Gasteiger partial charge in [0.05, 0.1) is 17.1 Å². The van der Waals surface area contributed by atoms with E-state index >= 15 is 0 Å². The van der Waals surface area contributed by atoms with Crippen LogP contribution in [-0.4, -0.2) is 41.0 Å². The summed E-state index contributed by atoms with van der Waals surface area (Å²) in [5.41, 5.74) is 2.13. The maximum Gasteiger partial charge on any atom is 0.377 e. The zero-order chi connectivity index (χ0) is 16.3. The van der Waals surface area contributed by atoms with Crippen LogP contribution in [0.1, 0.15) is 18.3 Å². The third-order valence-electron chi connectivity index (χ3n) is 3.26. The van der Waals surface area contributed by atoms with Gasteiger partial charge in [0.1, 0.15) is 19.5 Å². The van der Waals surface area contributed by atoms with E-state index in [2.05, 4.69) is 10.4 Å². The van der Waals surface area contributed by atoms with Gasteiger partial charge < -0.3 is 19.5 Å². The Labute approximate surface area is 128 Å². The molecule has 8 nitrogen and oxygen atoms in total. The van der Waals surface area contributed by atoms with Gasteiger partial charge in [-0.15, -0.1) is 0 Å². The zero-order valence-electron chi connectivity index (χ0n) is 13.0. The van der Waals surface area contributed by atoms with Gasteiger partial charge in [-0.25, -0.2) is 4.79 Å². The van der Waals surface area contributed by atoms with Crippen molar-refractivity contribution in [1.29, 1.82) is 0 Å². The van der Waals surface area contributed by atoms with Crippen molar-refractivity contribution in [3.05, 3.63) is 23.4 Å². The lowest BCUT2D eigenvalue weighted by atomic mass is 10.3. The van der Waals surface area contributed by atoms with Gasteiger partial charge in [0.15, 0.2) is 6.10 Å². The number of hydrogen-bond donors (Lipinski definition) is 1. The van der Waals surface area contributed by atoms with Crippen molar-refractivity contribution in [2.24, 2.45) is 7.05 Å². The quantitative estimate of drug-likeness (QED) is 0.827. The van der Waals surface area contributed by atoms with Crippen LogP contribution < -0.4 is 5.32 Å². The summed E-state index contributed by atoms with van der Waals surface area (Å²) in [7, 11) is 1.79. The molecule has 0 aromatic carbocycles. The molecule has 0 spiro atoms. The number of aromatic nitrogens is 2. The van der Waals surface area contributed by atoms with Gasteiger partial charge >= 0.3 is 5.97 Å². The van der Waals surface area contributed by atoms with Gasteiger partial charge in [0.2, 0.25) is 5.76 Å². The first-order valence-corrected chi connectivity index (χ1v) is 6.86. The minimum absolute atomic E-state index is 0.0420. The number of carbonyl (C=O) groups excluding carboxylic acids is 2. The summed E-state index contributed by atoms with van der Waals surface area (Å²) in [4.78, 5) is 23.9. The highest BCUT2D eigenvalue weighted by Crippen LogP contribution is 2.19. The van der Waals surface area contributed by atoms with Crippen LogP contribution in [0.4, 0.5) is 5.69 Å². The molecule has 1 atom stereocenters. The Morgan fingerprint density at radius 1 is 1.41 bits per heavy atom. The molecule has 0 saturated carbocycles. The average Bonchev–Trinajstić information content (AvgIpc) is 2.74. The van der Waals surface area contributed by atoms with E-state index in [0.717, 1.165) is 5.69 Å². The van der Waals surface area contributed by atoms with E-state index in [1.165, 1.54) is 13.2 Å². The monoisotopic (exact) mass is 309 g/mol. The molecule has 0 fully saturated rings. The van der Waals surface area contributed by atoms with Gasteiger partial charge in [-0.05, 0) is 20.8 Å². The Kier molecular flexibility index (Phi) is 4.69. The fraction of sp³-hybridized carbons (Fsp3) is 0.500. The number of hydrogen-bond acceptors (Lipinski definition) is 6. The summed E-state index contributed by atoms with van der Waals surface area (Å²) in [6.45, 7) is 5.77. The third kappa shape index (κ3) is 3.38. The van der Waals surface area contributed by atoms with E-state index in [4.69, 9.17) is 14.2 Å². The Balaban J connectivity index is 1.97. The molecule has 2 rings (SSSR count). The summed E-state index contributed by atoms with van der Waals surface area (Å²) in [6.07, 6.45) is 0.212. The highest BCUT2D eigenvalue weighted by atomic mass is 16.6. The van der Waals surface area contributed by atoms with Crippen LogP contribution in [0.15, 0.2) is 12.0 Å². The Morgan fingerprint density at radius 3 is 2.68 bits per heavy atom. The van der Waals surface area contributed by atoms with Crippen molar-refractivity contribution in [2.45, 2.75) is 26.9 Å². The van der Waals surface area contributed by atoms with Crippen molar-refractivity contribution >= 4 is 17.6 Å². The first-order valence-electron chi connectivity index (χ1n) is 6.86. The van der Waals surface area contributed by atoms with Crippen LogP contribution >= 0.6 is 0 Å². The van der Waals surface area contributed by atoms with Crippen LogP contribution in [0.2, 0.25) is 0 Å². The lowest BCUT2D eigenvalue weighted by molar-refractivity contribution is -0.153. The lowest BCUT2D eigenvalue weighted by Crippen LogP contribution is -2.31. The first kappa shape index (κ1) is 15.9. The average molecular weight is 309 g/mol. The van der Waals surface area contributed by atoms with Gasteiger partial charge in [0.25, 0.3) is 5.91 Å². The Morgan fingerprint density at radius 2 is 2.14 bits per heavy atom. The van der Waals surface area contributed by atoms with Crippen LogP contribution in [-0.2, 0) is 30.8 Å². The molecule has 120 valence electrons. The van der Waals surface area contributed by atoms with Crippen molar-refractivity contribution in [3.8, 4) is 0 Å². The van der Waals surface area contributed by atoms with E-state index < -0.39 is 18.0 Å². The molecular formula is C14H19N3O5. The highest BCUT2D eigenvalue weighted by Gasteiger charge is 2.24. The zero-order valence-corrected chi connectivity index (χ0v) is 13.0. The minimum Gasteiger partial charge on any atom is -0.493 e. The number of rotatable bonds is 4. The van der Waals surface area contributed by atoms with E-state index in [0.29, 0.717) is 18.0 Å². The largest absolute Gasteiger partial charge is 0.493 e. The number of esters is 1. The van der Waals surface area contributed by atoms with E-state index in [1.54, 1.807) is 18.7 Å². The summed E-state index contributed by atoms with van der Waals surface area (Å²) in [6, 6.07) is 0. The maximum absolute atomic E-state index is 12.1.